The number of hydrogen-bond acceptors (Lipinski definition) is 5. The largest absolute Gasteiger partial charge is 0.507 e. The van der Waals surface area contributed by atoms with Crippen molar-refractivity contribution >= 4 is 17.7 Å². The molecular formula is C21H17NO4. The summed E-state index contributed by atoms with van der Waals surface area (Å²) in [6.07, 6.45) is 1.44. The molecule has 0 spiro atoms. The average Bonchev–Trinajstić information content (AvgIpc) is 2.68. The second kappa shape index (κ2) is 7.53. The predicted molar refractivity (Wildman–Crippen MR) is 99.9 cm³/mol. The number of nitrogens with zero attached hydrogens (tertiary/aromatic N) is 1. The van der Waals surface area contributed by atoms with Crippen LogP contribution >= 0.6 is 0 Å². The van der Waals surface area contributed by atoms with Gasteiger partial charge in [-0.05, 0) is 30.3 Å². The van der Waals surface area contributed by atoms with Crippen LogP contribution in [0.4, 0.5) is 5.69 Å². The molecule has 0 amide bonds. The first kappa shape index (κ1) is 17.2. The van der Waals surface area contributed by atoms with E-state index in [4.69, 9.17) is 4.74 Å². The van der Waals surface area contributed by atoms with Gasteiger partial charge in [-0.15, -0.1) is 0 Å². The third kappa shape index (κ3) is 3.72. The second-order valence-electron chi connectivity index (χ2n) is 5.58. The molecule has 0 heterocycles. The summed E-state index contributed by atoms with van der Waals surface area (Å²) in [4.78, 5) is 16.9. The van der Waals surface area contributed by atoms with Crippen LogP contribution in [0.15, 0.2) is 71.7 Å². The van der Waals surface area contributed by atoms with E-state index in [0.717, 1.165) is 6.07 Å². The van der Waals surface area contributed by atoms with Crippen LogP contribution in [0.25, 0.3) is 0 Å². The molecular weight excluding hydrogens is 330 g/mol. The fourth-order valence-corrected chi connectivity index (χ4v) is 2.44. The molecule has 0 aliphatic rings. The lowest BCUT2D eigenvalue weighted by Crippen LogP contribution is -2.02. The minimum atomic E-state index is -0.331. The Hall–Kier alpha value is -3.60. The standard InChI is InChI=1S/C21H17NO4/c1-26-17-9-7-16(8-10-17)22-13-15-11-18(20(24)12-19(15)23)21(25)14-5-3-2-4-6-14/h2-13,23-24H,1H3/b22-13+. The Morgan fingerprint density at radius 2 is 1.65 bits per heavy atom. The van der Waals surface area contributed by atoms with E-state index in [0.29, 0.717) is 22.6 Å². The number of benzene rings is 3. The van der Waals surface area contributed by atoms with Gasteiger partial charge in [-0.1, -0.05) is 30.3 Å². The highest BCUT2D eigenvalue weighted by Crippen LogP contribution is 2.29. The van der Waals surface area contributed by atoms with Gasteiger partial charge in [0, 0.05) is 23.4 Å². The molecule has 0 saturated carbocycles. The quantitative estimate of drug-likeness (QED) is 0.538. The molecule has 0 aliphatic heterocycles. The molecule has 0 saturated heterocycles. The van der Waals surface area contributed by atoms with Crippen molar-refractivity contribution in [3.05, 3.63) is 83.4 Å². The van der Waals surface area contributed by atoms with Crippen molar-refractivity contribution in [2.45, 2.75) is 0 Å². The van der Waals surface area contributed by atoms with Crippen LogP contribution in [0, 0.1) is 0 Å². The summed E-state index contributed by atoms with van der Waals surface area (Å²) in [6, 6.07) is 18.3. The van der Waals surface area contributed by atoms with Crippen molar-refractivity contribution in [2.75, 3.05) is 7.11 Å². The minimum Gasteiger partial charge on any atom is -0.507 e. The molecule has 0 aliphatic carbocycles. The maximum absolute atomic E-state index is 12.6. The SMILES string of the molecule is COc1ccc(/N=C/c2cc(C(=O)c3ccccc3)c(O)cc2O)cc1. The zero-order valence-corrected chi connectivity index (χ0v) is 14.1. The van der Waals surface area contributed by atoms with Crippen molar-refractivity contribution in [3.63, 3.8) is 0 Å². The summed E-state index contributed by atoms with van der Waals surface area (Å²) in [5.41, 5.74) is 1.55. The van der Waals surface area contributed by atoms with Crippen LogP contribution in [0.1, 0.15) is 21.5 Å². The van der Waals surface area contributed by atoms with E-state index in [1.165, 1.54) is 12.3 Å². The zero-order chi connectivity index (χ0) is 18.5. The molecule has 0 radical (unpaired) electrons. The van der Waals surface area contributed by atoms with Crippen molar-refractivity contribution in [2.24, 2.45) is 4.99 Å². The summed E-state index contributed by atoms with van der Waals surface area (Å²) in [7, 11) is 1.58. The highest BCUT2D eigenvalue weighted by molar-refractivity contribution is 6.11. The summed E-state index contributed by atoms with van der Waals surface area (Å²) in [5, 5.41) is 20.1. The highest BCUT2D eigenvalue weighted by Gasteiger charge is 2.16. The van der Waals surface area contributed by atoms with Gasteiger partial charge in [-0.2, -0.15) is 0 Å². The number of aromatic hydroxyl groups is 2. The van der Waals surface area contributed by atoms with Crippen LogP contribution in [-0.4, -0.2) is 29.3 Å². The van der Waals surface area contributed by atoms with E-state index in [1.54, 1.807) is 61.7 Å². The Bertz CT molecular complexity index is 948. The van der Waals surface area contributed by atoms with Crippen LogP contribution in [-0.2, 0) is 0 Å². The lowest BCUT2D eigenvalue weighted by atomic mass is 10.00. The molecule has 130 valence electrons. The summed E-state index contributed by atoms with van der Waals surface area (Å²) >= 11 is 0. The van der Waals surface area contributed by atoms with E-state index in [9.17, 15) is 15.0 Å². The molecule has 5 heteroatoms. The molecule has 0 unspecified atom stereocenters. The van der Waals surface area contributed by atoms with Gasteiger partial charge in [0.05, 0.1) is 18.4 Å². The third-order valence-electron chi connectivity index (χ3n) is 3.85. The number of carbonyl (C=O) groups excluding carboxylic acids is 1. The lowest BCUT2D eigenvalue weighted by Gasteiger charge is -2.07. The van der Waals surface area contributed by atoms with Gasteiger partial charge in [-0.25, -0.2) is 0 Å². The average molecular weight is 347 g/mol. The molecule has 3 aromatic carbocycles. The van der Waals surface area contributed by atoms with Crippen LogP contribution < -0.4 is 4.74 Å². The molecule has 0 fully saturated rings. The predicted octanol–water partition coefficient (Wildman–Crippen LogP) is 4.09. The van der Waals surface area contributed by atoms with Gasteiger partial charge in [0.25, 0.3) is 0 Å². The number of ketones is 1. The number of rotatable bonds is 5. The van der Waals surface area contributed by atoms with Gasteiger partial charge in [-0.3, -0.25) is 9.79 Å². The zero-order valence-electron chi connectivity index (χ0n) is 14.1. The smallest absolute Gasteiger partial charge is 0.196 e. The van der Waals surface area contributed by atoms with Crippen molar-refractivity contribution in [3.8, 4) is 17.2 Å². The summed E-state index contributed by atoms with van der Waals surface area (Å²) < 4.78 is 5.09. The molecule has 5 nitrogen and oxygen atoms in total. The molecule has 3 rings (SSSR count). The Labute approximate surface area is 150 Å². The maximum Gasteiger partial charge on any atom is 0.196 e. The molecule has 0 bridgehead atoms. The van der Waals surface area contributed by atoms with Gasteiger partial charge in [0.1, 0.15) is 17.2 Å². The monoisotopic (exact) mass is 347 g/mol. The number of hydrogen-bond donors (Lipinski definition) is 2. The third-order valence-corrected chi connectivity index (χ3v) is 3.85. The Balaban J connectivity index is 1.92. The molecule has 26 heavy (non-hydrogen) atoms. The van der Waals surface area contributed by atoms with Crippen LogP contribution in [0.3, 0.4) is 0 Å². The van der Waals surface area contributed by atoms with E-state index in [1.807, 2.05) is 0 Å². The Morgan fingerprint density at radius 3 is 2.31 bits per heavy atom. The number of phenolic OH excluding ortho intramolecular Hbond substituents is 2. The maximum atomic E-state index is 12.6. The minimum absolute atomic E-state index is 0.102. The van der Waals surface area contributed by atoms with Crippen molar-refractivity contribution < 1.29 is 19.7 Å². The fourth-order valence-electron chi connectivity index (χ4n) is 2.44. The number of phenols is 2. The van der Waals surface area contributed by atoms with E-state index in [-0.39, 0.29) is 22.8 Å². The lowest BCUT2D eigenvalue weighted by molar-refractivity contribution is 0.103. The van der Waals surface area contributed by atoms with E-state index in [2.05, 4.69) is 4.99 Å². The molecule has 0 aromatic heterocycles. The molecule has 3 aromatic rings. The Kier molecular flexibility index (Phi) is 4.99. The van der Waals surface area contributed by atoms with Crippen molar-refractivity contribution in [1.82, 2.24) is 0 Å². The molecule has 2 N–H and O–H groups in total. The van der Waals surface area contributed by atoms with Crippen LogP contribution in [0.2, 0.25) is 0 Å². The number of carbonyl (C=O) groups is 1. The first-order valence-corrected chi connectivity index (χ1v) is 7.92. The summed E-state index contributed by atoms with van der Waals surface area (Å²) in [6.45, 7) is 0. The van der Waals surface area contributed by atoms with Gasteiger partial charge in [0.15, 0.2) is 5.78 Å². The first-order valence-electron chi connectivity index (χ1n) is 7.92. The topological polar surface area (TPSA) is 79.1 Å². The number of aliphatic imine (C=N–C) groups is 1. The normalized spacial score (nSPS) is 10.8. The van der Waals surface area contributed by atoms with Crippen LogP contribution in [0.5, 0.6) is 17.2 Å². The summed E-state index contributed by atoms with van der Waals surface area (Å²) in [5.74, 6) is -0.0586. The number of methoxy groups -OCH3 is 1. The number of ether oxygens (including phenoxy) is 1. The molecule has 0 atom stereocenters. The second-order valence-corrected chi connectivity index (χ2v) is 5.58. The fraction of sp³-hybridized carbons (Fsp3) is 0.0476. The first-order chi connectivity index (χ1) is 12.6. The highest BCUT2D eigenvalue weighted by atomic mass is 16.5. The van der Waals surface area contributed by atoms with E-state index < -0.39 is 0 Å². The van der Waals surface area contributed by atoms with Crippen molar-refractivity contribution in [1.29, 1.82) is 0 Å². The Morgan fingerprint density at radius 1 is 0.962 bits per heavy atom. The van der Waals surface area contributed by atoms with Gasteiger partial charge >= 0.3 is 0 Å². The van der Waals surface area contributed by atoms with Gasteiger partial charge in [0.2, 0.25) is 0 Å². The van der Waals surface area contributed by atoms with E-state index >= 15 is 0 Å². The van der Waals surface area contributed by atoms with Gasteiger partial charge < -0.3 is 14.9 Å².